The highest BCUT2D eigenvalue weighted by Gasteiger charge is 2.00. The lowest BCUT2D eigenvalue weighted by molar-refractivity contribution is 0.304. The van der Waals surface area contributed by atoms with Gasteiger partial charge in [-0.05, 0) is 40.8 Å². The first kappa shape index (κ1) is 22.2. The van der Waals surface area contributed by atoms with Crippen molar-refractivity contribution in [1.29, 1.82) is 0 Å². The molecule has 146 valence electrons. The minimum Gasteiger partial charge on any atom is -0.494 e. The molecular formula is C24H30Br2O. The van der Waals surface area contributed by atoms with Gasteiger partial charge in [0.25, 0.3) is 0 Å². The molecule has 2 aromatic rings. The zero-order valence-corrected chi connectivity index (χ0v) is 19.4. The van der Waals surface area contributed by atoms with E-state index in [-0.39, 0.29) is 0 Å². The van der Waals surface area contributed by atoms with Crippen LogP contribution in [0, 0.1) is 0 Å². The van der Waals surface area contributed by atoms with Gasteiger partial charge in [-0.1, -0.05) is 113 Å². The molecule has 0 aliphatic rings. The van der Waals surface area contributed by atoms with Gasteiger partial charge in [0.15, 0.2) is 0 Å². The van der Waals surface area contributed by atoms with Gasteiger partial charge in [-0.2, -0.15) is 0 Å². The zero-order valence-electron chi connectivity index (χ0n) is 16.2. The number of unbranched alkanes of at least 4 members (excludes halogenated alkanes) is 5. The van der Waals surface area contributed by atoms with E-state index in [1.165, 1.54) is 54.4 Å². The van der Waals surface area contributed by atoms with Crippen molar-refractivity contribution >= 4 is 44.0 Å². The number of halogens is 2. The number of ether oxygens (including phenoxy) is 1. The molecule has 2 rings (SSSR count). The van der Waals surface area contributed by atoms with E-state index in [4.69, 9.17) is 4.74 Å². The normalized spacial score (nSPS) is 11.2. The molecule has 0 N–H and O–H groups in total. The van der Waals surface area contributed by atoms with Gasteiger partial charge in [-0.15, -0.1) is 0 Å². The highest BCUT2D eigenvalue weighted by molar-refractivity contribution is 9.08. The van der Waals surface area contributed by atoms with Crippen molar-refractivity contribution in [3.8, 4) is 5.75 Å². The van der Waals surface area contributed by atoms with Crippen LogP contribution in [-0.4, -0.2) is 6.61 Å². The van der Waals surface area contributed by atoms with Crippen molar-refractivity contribution < 1.29 is 4.74 Å². The minimum absolute atomic E-state index is 0.815. The Kier molecular flexibility index (Phi) is 10.8. The van der Waals surface area contributed by atoms with E-state index in [1.807, 2.05) is 0 Å². The summed E-state index contributed by atoms with van der Waals surface area (Å²) in [4.78, 5) is 0. The standard InChI is InChI=1S/C24H30Br2O/c1-2-3-4-5-6-7-16-27-24-14-10-20(11-15-24)8-12-22-17-21(18-25)9-13-23(22)19-26/h8-15,17H,2-7,16,18-19H2,1H3/b12-8+. The predicted octanol–water partition coefficient (Wildman–Crippen LogP) is 8.39. The molecule has 0 unspecified atom stereocenters. The Morgan fingerprint density at radius 3 is 2.26 bits per heavy atom. The van der Waals surface area contributed by atoms with Crippen LogP contribution in [0.1, 0.15) is 67.7 Å². The second-order valence-corrected chi connectivity index (χ2v) is 7.94. The van der Waals surface area contributed by atoms with Crippen LogP contribution < -0.4 is 4.74 Å². The summed E-state index contributed by atoms with van der Waals surface area (Å²) in [7, 11) is 0. The SMILES string of the molecule is CCCCCCCCOc1ccc(/C=C/c2cc(CBr)ccc2CBr)cc1. The number of alkyl halides is 2. The van der Waals surface area contributed by atoms with E-state index < -0.39 is 0 Å². The summed E-state index contributed by atoms with van der Waals surface area (Å²) in [6.45, 7) is 3.07. The first-order valence-electron chi connectivity index (χ1n) is 9.91. The van der Waals surface area contributed by atoms with Crippen LogP contribution >= 0.6 is 31.9 Å². The molecule has 3 heteroatoms. The van der Waals surface area contributed by atoms with E-state index in [1.54, 1.807) is 0 Å². The van der Waals surface area contributed by atoms with Gasteiger partial charge in [0.05, 0.1) is 6.61 Å². The third-order valence-corrected chi connectivity index (χ3v) is 5.86. The molecule has 0 spiro atoms. The summed E-state index contributed by atoms with van der Waals surface area (Å²) >= 11 is 7.11. The molecule has 27 heavy (non-hydrogen) atoms. The largest absolute Gasteiger partial charge is 0.494 e. The summed E-state index contributed by atoms with van der Waals surface area (Å²) in [5, 5.41) is 1.74. The van der Waals surface area contributed by atoms with Gasteiger partial charge in [0, 0.05) is 10.7 Å². The molecular weight excluding hydrogens is 464 g/mol. The van der Waals surface area contributed by atoms with Crippen molar-refractivity contribution in [3.63, 3.8) is 0 Å². The maximum Gasteiger partial charge on any atom is 0.119 e. The average Bonchev–Trinajstić information content (AvgIpc) is 2.72. The van der Waals surface area contributed by atoms with Crippen molar-refractivity contribution in [2.24, 2.45) is 0 Å². The van der Waals surface area contributed by atoms with Gasteiger partial charge < -0.3 is 4.74 Å². The maximum absolute atomic E-state index is 5.86. The number of hydrogen-bond acceptors (Lipinski definition) is 1. The smallest absolute Gasteiger partial charge is 0.119 e. The monoisotopic (exact) mass is 492 g/mol. The van der Waals surface area contributed by atoms with Crippen LogP contribution in [0.4, 0.5) is 0 Å². The summed E-state index contributed by atoms with van der Waals surface area (Å²) in [6, 6.07) is 15.0. The summed E-state index contributed by atoms with van der Waals surface area (Å²) in [5.41, 5.74) is 5.03. The van der Waals surface area contributed by atoms with Crippen LogP contribution in [0.15, 0.2) is 42.5 Å². The first-order chi connectivity index (χ1) is 13.3. The van der Waals surface area contributed by atoms with Crippen molar-refractivity contribution in [1.82, 2.24) is 0 Å². The fourth-order valence-corrected chi connectivity index (χ4v) is 3.80. The lowest BCUT2D eigenvalue weighted by Gasteiger charge is -2.07. The average molecular weight is 494 g/mol. The Hall–Kier alpha value is -1.06. The molecule has 0 aliphatic heterocycles. The topological polar surface area (TPSA) is 9.23 Å². The van der Waals surface area contributed by atoms with Gasteiger partial charge in [-0.25, -0.2) is 0 Å². The maximum atomic E-state index is 5.86. The van der Waals surface area contributed by atoms with Gasteiger partial charge >= 0.3 is 0 Å². The van der Waals surface area contributed by atoms with Crippen LogP contribution in [-0.2, 0) is 10.7 Å². The van der Waals surface area contributed by atoms with Crippen LogP contribution in [0.2, 0.25) is 0 Å². The number of benzene rings is 2. The highest BCUT2D eigenvalue weighted by atomic mass is 79.9. The molecule has 0 saturated heterocycles. The second-order valence-electron chi connectivity index (χ2n) is 6.82. The third kappa shape index (κ3) is 8.23. The van der Waals surface area contributed by atoms with E-state index in [0.29, 0.717) is 0 Å². The Balaban J connectivity index is 1.84. The molecule has 0 amide bonds. The van der Waals surface area contributed by atoms with E-state index in [0.717, 1.165) is 29.4 Å². The lowest BCUT2D eigenvalue weighted by Crippen LogP contribution is -1.97. The highest BCUT2D eigenvalue weighted by Crippen LogP contribution is 2.21. The van der Waals surface area contributed by atoms with Crippen molar-refractivity contribution in [3.05, 3.63) is 64.7 Å². The molecule has 0 radical (unpaired) electrons. The Morgan fingerprint density at radius 2 is 1.56 bits per heavy atom. The Labute approximate surface area is 181 Å². The molecule has 0 atom stereocenters. The second kappa shape index (κ2) is 13.2. The van der Waals surface area contributed by atoms with E-state index in [9.17, 15) is 0 Å². The molecule has 0 heterocycles. The van der Waals surface area contributed by atoms with Gasteiger partial charge in [-0.3, -0.25) is 0 Å². The van der Waals surface area contributed by atoms with Crippen LogP contribution in [0.5, 0.6) is 5.75 Å². The summed E-state index contributed by atoms with van der Waals surface area (Å²) in [5.74, 6) is 0.961. The fraction of sp³-hybridized carbons (Fsp3) is 0.417. The molecule has 0 aliphatic carbocycles. The molecule has 0 saturated carbocycles. The number of hydrogen-bond donors (Lipinski definition) is 0. The van der Waals surface area contributed by atoms with Crippen LogP contribution in [0.3, 0.4) is 0 Å². The Morgan fingerprint density at radius 1 is 0.815 bits per heavy atom. The summed E-state index contributed by atoms with van der Waals surface area (Å²) in [6.07, 6.45) is 12.1. The van der Waals surface area contributed by atoms with Crippen LogP contribution in [0.25, 0.3) is 12.2 Å². The Bertz CT molecular complexity index is 692. The molecule has 0 aromatic heterocycles. The van der Waals surface area contributed by atoms with Gasteiger partial charge in [0.1, 0.15) is 5.75 Å². The van der Waals surface area contributed by atoms with Crippen molar-refractivity contribution in [2.75, 3.05) is 6.61 Å². The van der Waals surface area contributed by atoms with Gasteiger partial charge in [0.2, 0.25) is 0 Å². The molecule has 0 fully saturated rings. The molecule has 2 aromatic carbocycles. The first-order valence-corrected chi connectivity index (χ1v) is 12.2. The van der Waals surface area contributed by atoms with Crippen molar-refractivity contribution in [2.45, 2.75) is 56.1 Å². The lowest BCUT2D eigenvalue weighted by atomic mass is 10.0. The quantitative estimate of drug-likeness (QED) is 0.164. The third-order valence-electron chi connectivity index (χ3n) is 4.61. The number of rotatable bonds is 12. The zero-order chi connectivity index (χ0) is 19.3. The van der Waals surface area contributed by atoms with E-state index in [2.05, 4.69) is 93.4 Å². The molecule has 0 bridgehead atoms. The fourth-order valence-electron chi connectivity index (χ4n) is 2.94. The predicted molar refractivity (Wildman–Crippen MR) is 126 cm³/mol. The molecule has 1 nitrogen and oxygen atoms in total. The summed E-state index contributed by atoms with van der Waals surface area (Å²) < 4.78 is 5.86. The minimum atomic E-state index is 0.815. The van der Waals surface area contributed by atoms with E-state index >= 15 is 0 Å².